The van der Waals surface area contributed by atoms with Gasteiger partial charge in [0.25, 0.3) is 5.91 Å². The second-order valence-corrected chi connectivity index (χ2v) is 5.74. The number of rotatable bonds is 5. The number of anilines is 3. The molecule has 2 aromatic carbocycles. The molecule has 7 nitrogen and oxygen atoms in total. The lowest BCUT2D eigenvalue weighted by Crippen LogP contribution is -2.14. The zero-order valence-corrected chi connectivity index (χ0v) is 15.0. The zero-order chi connectivity index (χ0) is 19.9. The maximum Gasteiger partial charge on any atom is 0.337 e. The van der Waals surface area contributed by atoms with Crippen molar-refractivity contribution in [1.29, 1.82) is 5.26 Å². The third-order valence-electron chi connectivity index (χ3n) is 3.86. The van der Waals surface area contributed by atoms with Gasteiger partial charge < -0.3 is 15.4 Å². The highest BCUT2D eigenvalue weighted by atomic mass is 16.5. The molecule has 0 aliphatic rings. The molecule has 1 heterocycles. The van der Waals surface area contributed by atoms with Gasteiger partial charge in [-0.2, -0.15) is 5.26 Å². The molecule has 1 amide bonds. The van der Waals surface area contributed by atoms with Crippen molar-refractivity contribution in [3.63, 3.8) is 0 Å². The molecule has 0 atom stereocenters. The maximum absolute atomic E-state index is 12.4. The van der Waals surface area contributed by atoms with Crippen molar-refractivity contribution in [1.82, 2.24) is 4.98 Å². The van der Waals surface area contributed by atoms with Crippen molar-refractivity contribution in [3.8, 4) is 6.07 Å². The molecule has 0 saturated heterocycles. The molecule has 28 heavy (non-hydrogen) atoms. The van der Waals surface area contributed by atoms with Crippen molar-refractivity contribution in [2.24, 2.45) is 0 Å². The number of aromatic nitrogens is 1. The molecule has 0 unspecified atom stereocenters. The molecule has 0 saturated carbocycles. The molecule has 0 aliphatic heterocycles. The molecule has 138 valence electrons. The highest BCUT2D eigenvalue weighted by Crippen LogP contribution is 2.20. The number of hydrogen-bond acceptors (Lipinski definition) is 6. The molecule has 0 aliphatic carbocycles. The van der Waals surface area contributed by atoms with Crippen molar-refractivity contribution in [3.05, 3.63) is 83.7 Å². The van der Waals surface area contributed by atoms with Gasteiger partial charge in [-0.25, -0.2) is 9.78 Å². The van der Waals surface area contributed by atoms with Crippen LogP contribution in [0, 0.1) is 11.3 Å². The van der Waals surface area contributed by atoms with Crippen LogP contribution in [0.3, 0.4) is 0 Å². The Morgan fingerprint density at radius 3 is 2.57 bits per heavy atom. The SMILES string of the molecule is COC(=O)c1cccc(NC(=O)c2ccc(Nc3ccccc3C#N)cn2)c1. The lowest BCUT2D eigenvalue weighted by molar-refractivity contribution is 0.0600. The predicted octanol–water partition coefficient (Wildman–Crippen LogP) is 3.74. The van der Waals surface area contributed by atoms with Crippen molar-refractivity contribution < 1.29 is 14.3 Å². The minimum absolute atomic E-state index is 0.211. The molecule has 3 aromatic rings. The second kappa shape index (κ2) is 8.47. The van der Waals surface area contributed by atoms with E-state index in [1.807, 2.05) is 6.07 Å². The normalized spacial score (nSPS) is 9.86. The van der Waals surface area contributed by atoms with Crippen LogP contribution < -0.4 is 10.6 Å². The van der Waals surface area contributed by atoms with Crippen molar-refractivity contribution in [2.45, 2.75) is 0 Å². The minimum atomic E-state index is -0.484. The van der Waals surface area contributed by atoms with E-state index in [-0.39, 0.29) is 5.69 Å². The first-order valence-corrected chi connectivity index (χ1v) is 8.32. The van der Waals surface area contributed by atoms with Crippen LogP contribution in [-0.4, -0.2) is 24.0 Å². The molecule has 0 radical (unpaired) electrons. The van der Waals surface area contributed by atoms with E-state index in [0.29, 0.717) is 28.2 Å². The average molecular weight is 372 g/mol. The summed E-state index contributed by atoms with van der Waals surface area (Å²) in [6.07, 6.45) is 1.51. The Morgan fingerprint density at radius 1 is 1.04 bits per heavy atom. The summed E-state index contributed by atoms with van der Waals surface area (Å²) in [4.78, 5) is 28.1. The highest BCUT2D eigenvalue weighted by Gasteiger charge is 2.11. The standard InChI is InChI=1S/C21H16N4O3/c1-28-21(27)14-6-4-7-16(11-14)25-20(26)19-10-9-17(13-23-19)24-18-8-3-2-5-15(18)12-22/h2-11,13,24H,1H3,(H,25,26). The van der Waals surface area contributed by atoms with Crippen molar-refractivity contribution >= 4 is 28.9 Å². The molecule has 0 bridgehead atoms. The van der Waals surface area contributed by atoms with Gasteiger partial charge in [-0.3, -0.25) is 4.79 Å². The summed E-state index contributed by atoms with van der Waals surface area (Å²) in [5.74, 6) is -0.895. The van der Waals surface area contributed by atoms with Crippen LogP contribution in [0.5, 0.6) is 0 Å². The van der Waals surface area contributed by atoms with Gasteiger partial charge in [-0.1, -0.05) is 18.2 Å². The van der Waals surface area contributed by atoms with Crippen molar-refractivity contribution in [2.75, 3.05) is 17.7 Å². The molecular formula is C21H16N4O3. The van der Waals surface area contributed by atoms with Gasteiger partial charge in [0.2, 0.25) is 0 Å². The number of methoxy groups -OCH3 is 1. The van der Waals surface area contributed by atoms with Crippen LogP contribution in [-0.2, 0) is 4.74 Å². The quantitative estimate of drug-likeness (QED) is 0.661. The molecule has 0 spiro atoms. The number of amides is 1. The number of ether oxygens (including phenoxy) is 1. The van der Waals surface area contributed by atoms with E-state index in [9.17, 15) is 9.59 Å². The average Bonchev–Trinajstić information content (AvgIpc) is 2.74. The van der Waals surface area contributed by atoms with Gasteiger partial charge in [0, 0.05) is 5.69 Å². The van der Waals surface area contributed by atoms with E-state index in [1.165, 1.54) is 19.4 Å². The van der Waals surface area contributed by atoms with E-state index in [4.69, 9.17) is 5.26 Å². The Morgan fingerprint density at radius 2 is 1.86 bits per heavy atom. The van der Waals surface area contributed by atoms with Crippen LogP contribution >= 0.6 is 0 Å². The number of carbonyl (C=O) groups is 2. The van der Waals surface area contributed by atoms with Gasteiger partial charge in [-0.05, 0) is 42.5 Å². The molecule has 0 fully saturated rings. The van der Waals surface area contributed by atoms with Crippen LogP contribution in [0.15, 0.2) is 66.9 Å². The summed E-state index contributed by atoms with van der Waals surface area (Å²) >= 11 is 0. The predicted molar refractivity (Wildman–Crippen MR) is 104 cm³/mol. The third kappa shape index (κ3) is 4.31. The summed E-state index contributed by atoms with van der Waals surface area (Å²) in [6, 6.07) is 18.9. The van der Waals surface area contributed by atoms with E-state index < -0.39 is 11.9 Å². The van der Waals surface area contributed by atoms with Gasteiger partial charge in [0.05, 0.1) is 35.8 Å². The van der Waals surface area contributed by atoms with E-state index in [2.05, 4.69) is 26.4 Å². The van der Waals surface area contributed by atoms with Gasteiger partial charge >= 0.3 is 5.97 Å². The molecule has 7 heteroatoms. The number of carbonyl (C=O) groups excluding carboxylic acids is 2. The Bertz CT molecular complexity index is 1060. The topological polar surface area (TPSA) is 104 Å². The molecule has 2 N–H and O–H groups in total. The van der Waals surface area contributed by atoms with Crippen LogP contribution in [0.25, 0.3) is 0 Å². The summed E-state index contributed by atoms with van der Waals surface area (Å²) in [5.41, 5.74) is 2.82. The second-order valence-electron chi connectivity index (χ2n) is 5.74. The first-order valence-electron chi connectivity index (χ1n) is 8.32. The minimum Gasteiger partial charge on any atom is -0.465 e. The number of nitrogens with zero attached hydrogens (tertiary/aromatic N) is 2. The van der Waals surface area contributed by atoms with Gasteiger partial charge in [-0.15, -0.1) is 0 Å². The maximum atomic E-state index is 12.4. The number of benzene rings is 2. The highest BCUT2D eigenvalue weighted by molar-refractivity contribution is 6.03. The summed E-state index contributed by atoms with van der Waals surface area (Å²) in [7, 11) is 1.29. The Kier molecular flexibility index (Phi) is 5.63. The van der Waals surface area contributed by atoms with Gasteiger partial charge in [0.15, 0.2) is 0 Å². The number of nitrogens with one attached hydrogen (secondary N) is 2. The fourth-order valence-corrected chi connectivity index (χ4v) is 2.48. The monoisotopic (exact) mass is 372 g/mol. The third-order valence-corrected chi connectivity index (χ3v) is 3.86. The van der Waals surface area contributed by atoms with E-state index in [0.717, 1.165) is 0 Å². The zero-order valence-electron chi connectivity index (χ0n) is 15.0. The summed E-state index contributed by atoms with van der Waals surface area (Å²) in [6.45, 7) is 0. The fraction of sp³-hybridized carbons (Fsp3) is 0.0476. The number of para-hydroxylation sites is 1. The smallest absolute Gasteiger partial charge is 0.337 e. The van der Waals surface area contributed by atoms with E-state index in [1.54, 1.807) is 48.5 Å². The summed E-state index contributed by atoms with van der Waals surface area (Å²) < 4.78 is 4.67. The Balaban J connectivity index is 1.70. The lowest BCUT2D eigenvalue weighted by atomic mass is 10.2. The van der Waals surface area contributed by atoms with E-state index >= 15 is 0 Å². The molecule has 3 rings (SSSR count). The fourth-order valence-electron chi connectivity index (χ4n) is 2.48. The summed E-state index contributed by atoms with van der Waals surface area (Å²) in [5, 5.41) is 14.9. The molecule has 1 aromatic heterocycles. The van der Waals surface area contributed by atoms with Crippen LogP contribution in [0.2, 0.25) is 0 Å². The Labute approximate surface area is 161 Å². The number of esters is 1. The largest absolute Gasteiger partial charge is 0.465 e. The number of hydrogen-bond donors (Lipinski definition) is 2. The number of pyridine rings is 1. The lowest BCUT2D eigenvalue weighted by Gasteiger charge is -2.09. The Hall–Kier alpha value is -4.18. The van der Waals surface area contributed by atoms with Crippen LogP contribution in [0.1, 0.15) is 26.4 Å². The number of nitriles is 1. The first kappa shape index (κ1) is 18.6. The first-order chi connectivity index (χ1) is 13.6. The van der Waals surface area contributed by atoms with Crippen LogP contribution in [0.4, 0.5) is 17.1 Å². The van der Waals surface area contributed by atoms with Gasteiger partial charge in [0.1, 0.15) is 11.8 Å². The molecular weight excluding hydrogens is 356 g/mol.